The standard InChI is InChI=1S/C24H20ClN3O3/c25-19-11-7-10-18(15-19)23-27-24(31-28-23)21(14-17-8-3-1-4-9-17)26-22(29)16-30-20-12-5-2-6-13-20/h1-13,15,21H,14,16H2,(H,26,29). The predicted octanol–water partition coefficient (Wildman–Crippen LogP) is 4.87. The van der Waals surface area contributed by atoms with Crippen LogP contribution in [0.15, 0.2) is 89.5 Å². The molecule has 1 aromatic heterocycles. The van der Waals surface area contributed by atoms with E-state index < -0.39 is 6.04 Å². The second-order valence-corrected chi connectivity index (χ2v) is 7.31. The normalized spacial score (nSPS) is 11.6. The van der Waals surface area contributed by atoms with Crippen LogP contribution in [-0.4, -0.2) is 22.7 Å². The fourth-order valence-corrected chi connectivity index (χ4v) is 3.26. The zero-order valence-electron chi connectivity index (χ0n) is 16.6. The smallest absolute Gasteiger partial charge is 0.258 e. The number of amides is 1. The van der Waals surface area contributed by atoms with E-state index in [1.54, 1.807) is 24.3 Å². The zero-order chi connectivity index (χ0) is 21.5. The second kappa shape index (κ2) is 9.91. The van der Waals surface area contributed by atoms with Crippen molar-refractivity contribution in [3.05, 3.63) is 101 Å². The third-order valence-corrected chi connectivity index (χ3v) is 4.79. The van der Waals surface area contributed by atoms with Crippen molar-refractivity contribution in [1.29, 1.82) is 0 Å². The third kappa shape index (κ3) is 5.71. The third-order valence-electron chi connectivity index (χ3n) is 4.55. The lowest BCUT2D eigenvalue weighted by Gasteiger charge is -2.15. The molecule has 1 amide bonds. The predicted molar refractivity (Wildman–Crippen MR) is 118 cm³/mol. The Labute approximate surface area is 184 Å². The van der Waals surface area contributed by atoms with Crippen molar-refractivity contribution in [2.24, 2.45) is 0 Å². The average Bonchev–Trinajstić information content (AvgIpc) is 3.29. The summed E-state index contributed by atoms with van der Waals surface area (Å²) in [4.78, 5) is 17.1. The number of carbonyl (C=O) groups is 1. The van der Waals surface area contributed by atoms with E-state index in [2.05, 4.69) is 15.5 Å². The molecule has 0 saturated heterocycles. The Bertz CT molecular complexity index is 1130. The zero-order valence-corrected chi connectivity index (χ0v) is 17.3. The highest BCUT2D eigenvalue weighted by Gasteiger charge is 2.22. The van der Waals surface area contributed by atoms with Gasteiger partial charge < -0.3 is 14.6 Å². The summed E-state index contributed by atoms with van der Waals surface area (Å²) in [5.74, 6) is 1.06. The molecule has 6 nitrogen and oxygen atoms in total. The van der Waals surface area contributed by atoms with Crippen molar-refractivity contribution in [3.8, 4) is 17.1 Å². The average molecular weight is 434 g/mol. The SMILES string of the molecule is O=C(COc1ccccc1)NC(Cc1ccccc1)c1nc(-c2cccc(Cl)c2)no1. The molecule has 0 saturated carbocycles. The number of hydrogen-bond donors (Lipinski definition) is 1. The van der Waals surface area contributed by atoms with E-state index in [9.17, 15) is 4.79 Å². The Morgan fingerprint density at radius 1 is 1.00 bits per heavy atom. The number of benzene rings is 3. The number of aromatic nitrogens is 2. The van der Waals surface area contributed by atoms with Crippen LogP contribution in [0, 0.1) is 0 Å². The minimum absolute atomic E-state index is 0.120. The van der Waals surface area contributed by atoms with Gasteiger partial charge in [-0.1, -0.05) is 77.4 Å². The van der Waals surface area contributed by atoms with Crippen molar-refractivity contribution >= 4 is 17.5 Å². The summed E-state index contributed by atoms with van der Waals surface area (Å²) in [5, 5.41) is 7.59. The highest BCUT2D eigenvalue weighted by molar-refractivity contribution is 6.30. The van der Waals surface area contributed by atoms with E-state index in [1.165, 1.54) is 0 Å². The van der Waals surface area contributed by atoms with E-state index in [1.807, 2.05) is 60.7 Å². The van der Waals surface area contributed by atoms with Gasteiger partial charge in [0.25, 0.3) is 5.91 Å². The first-order valence-corrected chi connectivity index (χ1v) is 10.2. The molecule has 0 aliphatic carbocycles. The molecule has 4 rings (SSSR count). The molecule has 0 bridgehead atoms. The van der Waals surface area contributed by atoms with Gasteiger partial charge in [0.15, 0.2) is 6.61 Å². The maximum absolute atomic E-state index is 12.6. The monoisotopic (exact) mass is 433 g/mol. The Kier molecular flexibility index (Phi) is 6.59. The van der Waals surface area contributed by atoms with Crippen LogP contribution >= 0.6 is 11.6 Å². The fraction of sp³-hybridized carbons (Fsp3) is 0.125. The van der Waals surface area contributed by atoms with E-state index >= 15 is 0 Å². The summed E-state index contributed by atoms with van der Waals surface area (Å²) in [7, 11) is 0. The number of para-hydroxylation sites is 1. The highest BCUT2D eigenvalue weighted by Crippen LogP contribution is 2.23. The summed E-state index contributed by atoms with van der Waals surface area (Å²) in [6.07, 6.45) is 0.495. The summed E-state index contributed by atoms with van der Waals surface area (Å²) in [6.45, 7) is -0.120. The molecule has 0 radical (unpaired) electrons. The largest absolute Gasteiger partial charge is 0.484 e. The number of nitrogens with one attached hydrogen (secondary N) is 1. The number of rotatable bonds is 8. The molecule has 1 atom stereocenters. The van der Waals surface area contributed by atoms with Gasteiger partial charge >= 0.3 is 0 Å². The first kappa shape index (κ1) is 20.6. The van der Waals surface area contributed by atoms with Crippen molar-refractivity contribution in [1.82, 2.24) is 15.5 Å². The topological polar surface area (TPSA) is 77.2 Å². The molecule has 0 spiro atoms. The van der Waals surface area contributed by atoms with Gasteiger partial charge in [0.05, 0.1) is 0 Å². The number of nitrogens with zero attached hydrogens (tertiary/aromatic N) is 2. The molecule has 0 aliphatic rings. The number of hydrogen-bond acceptors (Lipinski definition) is 5. The summed E-state index contributed by atoms with van der Waals surface area (Å²) in [5.41, 5.74) is 1.76. The molecule has 1 N–H and O–H groups in total. The van der Waals surface area contributed by atoms with Gasteiger partial charge in [-0.2, -0.15) is 4.98 Å². The van der Waals surface area contributed by atoms with Crippen molar-refractivity contribution in [2.45, 2.75) is 12.5 Å². The van der Waals surface area contributed by atoms with Gasteiger partial charge in [0.2, 0.25) is 11.7 Å². The Morgan fingerprint density at radius 2 is 1.74 bits per heavy atom. The van der Waals surface area contributed by atoms with Crippen LogP contribution in [0.25, 0.3) is 11.4 Å². The molecule has 31 heavy (non-hydrogen) atoms. The van der Waals surface area contributed by atoms with Crippen molar-refractivity contribution in [2.75, 3.05) is 6.61 Å². The lowest BCUT2D eigenvalue weighted by Crippen LogP contribution is -2.34. The van der Waals surface area contributed by atoms with Crippen LogP contribution in [0.1, 0.15) is 17.5 Å². The van der Waals surface area contributed by atoms with E-state index in [4.69, 9.17) is 20.9 Å². The Balaban J connectivity index is 1.51. The van der Waals surface area contributed by atoms with Gasteiger partial charge in [0.1, 0.15) is 11.8 Å². The van der Waals surface area contributed by atoms with Crippen LogP contribution < -0.4 is 10.1 Å². The minimum atomic E-state index is -0.505. The molecule has 3 aromatic carbocycles. The molecular formula is C24H20ClN3O3. The molecule has 0 aliphatic heterocycles. The van der Waals surface area contributed by atoms with E-state index in [0.29, 0.717) is 28.9 Å². The van der Waals surface area contributed by atoms with Crippen LogP contribution in [-0.2, 0) is 11.2 Å². The lowest BCUT2D eigenvalue weighted by molar-refractivity contribution is -0.124. The molecule has 4 aromatic rings. The highest BCUT2D eigenvalue weighted by atomic mass is 35.5. The molecule has 1 unspecified atom stereocenters. The molecular weight excluding hydrogens is 414 g/mol. The summed E-state index contributed by atoms with van der Waals surface area (Å²) < 4.78 is 11.0. The van der Waals surface area contributed by atoms with Crippen molar-refractivity contribution < 1.29 is 14.1 Å². The summed E-state index contributed by atoms with van der Waals surface area (Å²) >= 11 is 6.07. The number of carbonyl (C=O) groups excluding carboxylic acids is 1. The first-order chi connectivity index (χ1) is 15.2. The second-order valence-electron chi connectivity index (χ2n) is 6.88. The number of halogens is 1. The van der Waals surface area contributed by atoms with E-state index in [0.717, 1.165) is 11.1 Å². The van der Waals surface area contributed by atoms with Gasteiger partial charge in [-0.05, 0) is 29.8 Å². The van der Waals surface area contributed by atoms with Crippen LogP contribution in [0.3, 0.4) is 0 Å². The Hall–Kier alpha value is -3.64. The van der Waals surface area contributed by atoms with Crippen molar-refractivity contribution in [3.63, 3.8) is 0 Å². The summed E-state index contributed by atoms with van der Waals surface area (Å²) in [6, 6.07) is 25.6. The first-order valence-electron chi connectivity index (χ1n) is 9.78. The van der Waals surface area contributed by atoms with Crippen LogP contribution in [0.2, 0.25) is 5.02 Å². The quantitative estimate of drug-likeness (QED) is 0.429. The van der Waals surface area contributed by atoms with Gasteiger partial charge in [-0.15, -0.1) is 0 Å². The maximum Gasteiger partial charge on any atom is 0.258 e. The maximum atomic E-state index is 12.6. The van der Waals surface area contributed by atoms with Crippen LogP contribution in [0.5, 0.6) is 5.75 Å². The van der Waals surface area contributed by atoms with Gasteiger partial charge in [-0.25, -0.2) is 0 Å². The van der Waals surface area contributed by atoms with Gasteiger partial charge in [-0.3, -0.25) is 4.79 Å². The lowest BCUT2D eigenvalue weighted by atomic mass is 10.1. The van der Waals surface area contributed by atoms with Crippen LogP contribution in [0.4, 0.5) is 0 Å². The molecule has 0 fully saturated rings. The molecule has 7 heteroatoms. The fourth-order valence-electron chi connectivity index (χ4n) is 3.07. The molecule has 1 heterocycles. The Morgan fingerprint density at radius 3 is 2.48 bits per heavy atom. The van der Waals surface area contributed by atoms with Gasteiger partial charge in [0, 0.05) is 17.0 Å². The minimum Gasteiger partial charge on any atom is -0.484 e. The number of ether oxygens (including phenoxy) is 1. The molecule has 156 valence electrons. The van der Waals surface area contributed by atoms with E-state index in [-0.39, 0.29) is 12.5 Å².